The van der Waals surface area contributed by atoms with Crippen LogP contribution in [0.5, 0.6) is 5.75 Å². The fraction of sp³-hybridized carbons (Fsp3) is 0.0769. The van der Waals surface area contributed by atoms with Gasteiger partial charge in [0.1, 0.15) is 9.79 Å². The number of sulfone groups is 2. The van der Waals surface area contributed by atoms with Crippen LogP contribution in [-0.4, -0.2) is 25.3 Å². The highest BCUT2D eigenvalue weighted by Gasteiger charge is 2.29. The van der Waals surface area contributed by atoms with Crippen LogP contribution in [0.25, 0.3) is 0 Å². The van der Waals surface area contributed by atoms with Crippen molar-refractivity contribution in [1.29, 1.82) is 0 Å². The highest BCUT2D eigenvalue weighted by atomic mass is 32.2. The Bertz CT molecular complexity index is 1750. The summed E-state index contributed by atoms with van der Waals surface area (Å²) in [7, 11) is -12.9. The number of hydrogen-bond donors (Lipinski definition) is 0. The van der Waals surface area contributed by atoms with Crippen LogP contribution in [0.2, 0.25) is 0 Å². The summed E-state index contributed by atoms with van der Waals surface area (Å²) < 4.78 is 84.8. The summed E-state index contributed by atoms with van der Waals surface area (Å²) in [5, 5.41) is 0. The molecule has 4 rings (SSSR count). The van der Waals surface area contributed by atoms with Gasteiger partial charge in [0, 0.05) is 0 Å². The Morgan fingerprint density at radius 1 is 0.500 bits per heavy atom. The van der Waals surface area contributed by atoms with Gasteiger partial charge in [0.2, 0.25) is 19.7 Å². The van der Waals surface area contributed by atoms with E-state index in [0.717, 1.165) is 23.8 Å². The highest BCUT2D eigenvalue weighted by Crippen LogP contribution is 2.35. The first-order valence-electron chi connectivity index (χ1n) is 10.7. The van der Waals surface area contributed by atoms with E-state index in [9.17, 15) is 25.3 Å². The van der Waals surface area contributed by atoms with Crippen LogP contribution >= 0.6 is 0 Å². The smallest absolute Gasteiger partial charge is 0.339 e. The zero-order valence-electron chi connectivity index (χ0n) is 19.3. The maximum absolute atomic E-state index is 13.5. The fourth-order valence-corrected chi connectivity index (χ4v) is 7.33. The van der Waals surface area contributed by atoms with E-state index in [1.54, 1.807) is 37.3 Å². The van der Waals surface area contributed by atoms with E-state index in [-0.39, 0.29) is 19.6 Å². The Morgan fingerprint density at radius 3 is 1.58 bits per heavy atom. The van der Waals surface area contributed by atoms with E-state index >= 15 is 0 Å². The van der Waals surface area contributed by atoms with Gasteiger partial charge >= 0.3 is 10.1 Å². The number of hydrogen-bond acceptors (Lipinski definition) is 7. The first kappa shape index (κ1) is 25.6. The molecule has 0 heterocycles. The molecular formula is C26H22O7S3. The maximum Gasteiger partial charge on any atom is 0.339 e. The van der Waals surface area contributed by atoms with Gasteiger partial charge in [-0.25, -0.2) is 16.8 Å². The first-order chi connectivity index (χ1) is 16.9. The molecule has 0 aliphatic heterocycles. The third kappa shape index (κ3) is 4.92. The topological polar surface area (TPSA) is 112 Å². The Kier molecular flexibility index (Phi) is 6.78. The van der Waals surface area contributed by atoms with Gasteiger partial charge in [-0.1, -0.05) is 42.5 Å². The summed E-state index contributed by atoms with van der Waals surface area (Å²) in [4.78, 5) is -1.25. The van der Waals surface area contributed by atoms with Crippen molar-refractivity contribution in [3.05, 3.63) is 108 Å². The second kappa shape index (κ2) is 9.53. The molecule has 0 unspecified atom stereocenters. The van der Waals surface area contributed by atoms with Gasteiger partial charge < -0.3 is 4.18 Å². The fourth-order valence-electron chi connectivity index (χ4n) is 3.43. The van der Waals surface area contributed by atoms with Crippen molar-refractivity contribution >= 4 is 29.8 Å². The molecule has 4 aromatic carbocycles. The van der Waals surface area contributed by atoms with Crippen LogP contribution in [0, 0.1) is 13.8 Å². The van der Waals surface area contributed by atoms with E-state index in [0.29, 0.717) is 5.56 Å². The third-order valence-electron chi connectivity index (χ3n) is 5.59. The van der Waals surface area contributed by atoms with E-state index in [2.05, 4.69) is 0 Å². The average Bonchev–Trinajstić information content (AvgIpc) is 2.86. The summed E-state index contributed by atoms with van der Waals surface area (Å²) in [6.07, 6.45) is 0. The summed E-state index contributed by atoms with van der Waals surface area (Å²) in [6, 6.07) is 22.3. The van der Waals surface area contributed by atoms with Gasteiger partial charge in [-0.15, -0.1) is 0 Å². The van der Waals surface area contributed by atoms with E-state index in [4.69, 9.17) is 4.18 Å². The van der Waals surface area contributed by atoms with Gasteiger partial charge in [-0.2, -0.15) is 8.42 Å². The number of aryl methyl sites for hydroxylation is 2. The lowest BCUT2D eigenvalue weighted by Crippen LogP contribution is -2.14. The quantitative estimate of drug-likeness (QED) is 0.310. The van der Waals surface area contributed by atoms with Gasteiger partial charge in [-0.05, 0) is 79.6 Å². The lowest BCUT2D eigenvalue weighted by atomic mass is 10.1. The van der Waals surface area contributed by atoms with Crippen molar-refractivity contribution in [2.24, 2.45) is 0 Å². The molecule has 7 nitrogen and oxygen atoms in total. The van der Waals surface area contributed by atoms with Gasteiger partial charge in [0.25, 0.3) is 0 Å². The normalized spacial score (nSPS) is 12.3. The van der Waals surface area contributed by atoms with Crippen molar-refractivity contribution in [1.82, 2.24) is 0 Å². The van der Waals surface area contributed by atoms with Crippen LogP contribution in [0.4, 0.5) is 0 Å². The molecule has 0 aliphatic carbocycles. The minimum atomic E-state index is -4.43. The standard InChI is InChI=1S/C26H22O7S3/c1-19-13-14-24(17-20(19)2)36(31,32)33-25-16-15-23(34(27,28)21-9-5-3-6-10-21)18-26(25)35(29,30)22-11-7-4-8-12-22/h3-18H,1-2H3. The van der Waals surface area contributed by atoms with Gasteiger partial charge in [0.15, 0.2) is 5.75 Å². The van der Waals surface area contributed by atoms with E-state index in [1.807, 2.05) is 6.92 Å². The second-order valence-corrected chi connectivity index (χ2v) is 13.4. The Balaban J connectivity index is 1.90. The SMILES string of the molecule is Cc1ccc(S(=O)(=O)Oc2ccc(S(=O)(=O)c3ccccc3)cc2S(=O)(=O)c2ccccc2)cc1C. The molecule has 0 fully saturated rings. The molecular weight excluding hydrogens is 520 g/mol. The zero-order chi connectivity index (χ0) is 26.1. The minimum absolute atomic E-state index is 0.0375. The largest absolute Gasteiger partial charge is 0.378 e. The molecule has 0 atom stereocenters. The molecule has 186 valence electrons. The molecule has 0 saturated heterocycles. The van der Waals surface area contributed by atoms with E-state index < -0.39 is 40.4 Å². The van der Waals surface area contributed by atoms with E-state index in [1.165, 1.54) is 48.5 Å². The molecule has 0 spiro atoms. The van der Waals surface area contributed by atoms with Gasteiger partial charge in [-0.3, -0.25) is 0 Å². The van der Waals surface area contributed by atoms with Gasteiger partial charge in [0.05, 0.1) is 14.7 Å². The maximum atomic E-state index is 13.5. The Labute approximate surface area is 211 Å². The van der Waals surface area contributed by atoms with Crippen LogP contribution in [0.1, 0.15) is 11.1 Å². The molecule has 0 radical (unpaired) electrons. The van der Waals surface area contributed by atoms with Crippen LogP contribution in [0.15, 0.2) is 122 Å². The molecule has 0 N–H and O–H groups in total. The highest BCUT2D eigenvalue weighted by molar-refractivity contribution is 7.92. The molecule has 0 aromatic heterocycles. The summed E-state index contributed by atoms with van der Waals surface area (Å²) in [5.41, 5.74) is 1.58. The monoisotopic (exact) mass is 542 g/mol. The third-order valence-corrected chi connectivity index (χ3v) is 10.4. The van der Waals surface area contributed by atoms with Crippen LogP contribution in [0.3, 0.4) is 0 Å². The Morgan fingerprint density at radius 2 is 1.03 bits per heavy atom. The molecule has 0 aliphatic rings. The lowest BCUT2D eigenvalue weighted by Gasteiger charge is -2.15. The van der Waals surface area contributed by atoms with Crippen molar-refractivity contribution in [2.45, 2.75) is 38.3 Å². The predicted molar refractivity (Wildman–Crippen MR) is 134 cm³/mol. The molecule has 4 aromatic rings. The molecule has 36 heavy (non-hydrogen) atoms. The first-order valence-corrected chi connectivity index (χ1v) is 15.1. The zero-order valence-corrected chi connectivity index (χ0v) is 21.8. The van der Waals surface area contributed by atoms with Crippen molar-refractivity contribution in [3.63, 3.8) is 0 Å². The molecule has 0 saturated carbocycles. The molecule has 0 bridgehead atoms. The summed E-state index contributed by atoms with van der Waals surface area (Å²) in [5.74, 6) is -0.510. The average molecular weight is 543 g/mol. The van der Waals surface area contributed by atoms with Crippen LogP contribution < -0.4 is 4.18 Å². The molecule has 0 amide bonds. The Hall–Kier alpha value is -3.47. The summed E-state index contributed by atoms with van der Waals surface area (Å²) in [6.45, 7) is 3.56. The predicted octanol–water partition coefficient (Wildman–Crippen LogP) is 4.74. The van der Waals surface area contributed by atoms with Crippen molar-refractivity contribution in [3.8, 4) is 5.75 Å². The summed E-state index contributed by atoms with van der Waals surface area (Å²) >= 11 is 0. The number of benzene rings is 4. The molecule has 10 heteroatoms. The van der Waals surface area contributed by atoms with Crippen molar-refractivity contribution < 1.29 is 29.4 Å². The second-order valence-electron chi connectivity index (χ2n) is 8.03. The number of rotatable bonds is 7. The van der Waals surface area contributed by atoms with Crippen molar-refractivity contribution in [2.75, 3.05) is 0 Å². The van der Waals surface area contributed by atoms with Crippen LogP contribution in [-0.2, 0) is 29.8 Å². The minimum Gasteiger partial charge on any atom is -0.378 e. The lowest BCUT2D eigenvalue weighted by molar-refractivity contribution is 0.478.